The van der Waals surface area contributed by atoms with E-state index >= 15 is 0 Å². The third kappa shape index (κ3) is 3.80. The standard InChI is InChI=1S/C25H26N2O/c1-18-9-5-6-12-21(18)25-22(13-7-8-16-26)23-17-20(14-15-24(23)27-25)28-19-10-3-2-4-11-19/h2-6,9-12,14-15,17,27H,7-8,13,16,26H2,1H3. The summed E-state index contributed by atoms with van der Waals surface area (Å²) in [6.07, 6.45) is 3.10. The van der Waals surface area contributed by atoms with Gasteiger partial charge in [-0.2, -0.15) is 0 Å². The molecule has 0 radical (unpaired) electrons. The third-order valence-electron chi connectivity index (χ3n) is 5.15. The van der Waals surface area contributed by atoms with Crippen LogP contribution in [0.2, 0.25) is 0 Å². The quantitative estimate of drug-likeness (QED) is 0.380. The van der Waals surface area contributed by atoms with Crippen LogP contribution < -0.4 is 10.5 Å². The number of ether oxygens (including phenoxy) is 1. The molecule has 0 bridgehead atoms. The molecule has 0 amide bonds. The fourth-order valence-electron chi connectivity index (χ4n) is 3.70. The van der Waals surface area contributed by atoms with Gasteiger partial charge in [0.2, 0.25) is 0 Å². The zero-order valence-corrected chi connectivity index (χ0v) is 16.2. The van der Waals surface area contributed by atoms with E-state index in [1.165, 1.54) is 27.8 Å². The van der Waals surface area contributed by atoms with Gasteiger partial charge in [0.1, 0.15) is 11.5 Å². The van der Waals surface area contributed by atoms with E-state index < -0.39 is 0 Å². The lowest BCUT2D eigenvalue weighted by molar-refractivity contribution is 0.483. The van der Waals surface area contributed by atoms with Gasteiger partial charge in [0, 0.05) is 22.2 Å². The Morgan fingerprint density at radius 1 is 0.857 bits per heavy atom. The first-order valence-corrected chi connectivity index (χ1v) is 9.90. The monoisotopic (exact) mass is 370 g/mol. The second-order valence-electron chi connectivity index (χ2n) is 7.16. The Hall–Kier alpha value is -3.04. The smallest absolute Gasteiger partial charge is 0.128 e. The summed E-state index contributed by atoms with van der Waals surface area (Å²) in [6.45, 7) is 2.89. The highest BCUT2D eigenvalue weighted by molar-refractivity contribution is 5.92. The Labute approximate surface area is 166 Å². The minimum absolute atomic E-state index is 0.727. The van der Waals surface area contributed by atoms with Gasteiger partial charge in [-0.3, -0.25) is 0 Å². The Bertz CT molecular complexity index is 1070. The lowest BCUT2D eigenvalue weighted by atomic mass is 9.97. The fraction of sp³-hybridized carbons (Fsp3) is 0.200. The highest BCUT2D eigenvalue weighted by Crippen LogP contribution is 2.35. The summed E-state index contributed by atoms with van der Waals surface area (Å²) in [5, 5.41) is 1.23. The third-order valence-corrected chi connectivity index (χ3v) is 5.15. The van der Waals surface area contributed by atoms with Gasteiger partial charge < -0.3 is 15.5 Å². The molecule has 3 heteroatoms. The summed E-state index contributed by atoms with van der Waals surface area (Å²) in [4.78, 5) is 3.65. The molecule has 3 aromatic carbocycles. The van der Waals surface area contributed by atoms with Crippen molar-refractivity contribution < 1.29 is 4.74 Å². The van der Waals surface area contributed by atoms with Crippen molar-refractivity contribution >= 4 is 10.9 Å². The first-order valence-electron chi connectivity index (χ1n) is 9.90. The first kappa shape index (κ1) is 18.3. The van der Waals surface area contributed by atoms with Crippen molar-refractivity contribution in [3.63, 3.8) is 0 Å². The molecule has 1 aromatic heterocycles. The number of nitrogens with one attached hydrogen (secondary N) is 1. The molecular formula is C25H26N2O. The normalized spacial score (nSPS) is 11.1. The number of H-pyrrole nitrogens is 1. The highest BCUT2D eigenvalue weighted by Gasteiger charge is 2.15. The van der Waals surface area contributed by atoms with E-state index in [0.29, 0.717) is 0 Å². The number of aryl methyl sites for hydroxylation is 2. The number of unbranched alkanes of at least 4 members (excludes halogenated alkanes) is 1. The summed E-state index contributed by atoms with van der Waals surface area (Å²) in [7, 11) is 0. The Morgan fingerprint density at radius 2 is 1.64 bits per heavy atom. The van der Waals surface area contributed by atoms with E-state index in [-0.39, 0.29) is 0 Å². The lowest BCUT2D eigenvalue weighted by Crippen LogP contribution is -1.99. The average Bonchev–Trinajstić information content (AvgIpc) is 3.07. The van der Waals surface area contributed by atoms with Crippen molar-refractivity contribution in [3.8, 4) is 22.8 Å². The van der Waals surface area contributed by atoms with E-state index in [0.717, 1.165) is 42.8 Å². The fourth-order valence-corrected chi connectivity index (χ4v) is 3.70. The van der Waals surface area contributed by atoms with Crippen LogP contribution in [0.15, 0.2) is 72.8 Å². The molecule has 0 spiro atoms. The van der Waals surface area contributed by atoms with Crippen LogP contribution in [-0.4, -0.2) is 11.5 Å². The molecule has 4 aromatic rings. The number of para-hydroxylation sites is 1. The molecule has 0 aliphatic rings. The maximum atomic E-state index is 6.07. The molecule has 3 nitrogen and oxygen atoms in total. The van der Waals surface area contributed by atoms with Crippen molar-refractivity contribution in [1.82, 2.24) is 4.98 Å². The minimum Gasteiger partial charge on any atom is -0.457 e. The maximum Gasteiger partial charge on any atom is 0.128 e. The van der Waals surface area contributed by atoms with Crippen LogP contribution in [0.3, 0.4) is 0 Å². The number of fused-ring (bicyclic) bond motifs is 1. The number of benzene rings is 3. The lowest BCUT2D eigenvalue weighted by Gasteiger charge is -2.09. The molecule has 0 aliphatic heterocycles. The van der Waals surface area contributed by atoms with Gasteiger partial charge in [-0.1, -0.05) is 42.5 Å². The Morgan fingerprint density at radius 3 is 2.43 bits per heavy atom. The predicted octanol–water partition coefficient (Wildman–Crippen LogP) is 6.22. The number of rotatable bonds is 7. The van der Waals surface area contributed by atoms with Crippen LogP contribution in [0.4, 0.5) is 0 Å². The van der Waals surface area contributed by atoms with Gasteiger partial charge in [0.15, 0.2) is 0 Å². The molecule has 28 heavy (non-hydrogen) atoms. The van der Waals surface area contributed by atoms with E-state index in [4.69, 9.17) is 10.5 Å². The second kappa shape index (κ2) is 8.32. The molecule has 0 saturated heterocycles. The van der Waals surface area contributed by atoms with Crippen molar-refractivity contribution in [1.29, 1.82) is 0 Å². The molecule has 3 N–H and O–H groups in total. The van der Waals surface area contributed by atoms with Crippen LogP contribution in [0, 0.1) is 6.92 Å². The number of hydrogen-bond donors (Lipinski definition) is 2. The second-order valence-corrected chi connectivity index (χ2v) is 7.16. The Balaban J connectivity index is 1.78. The van der Waals surface area contributed by atoms with Crippen LogP contribution in [0.25, 0.3) is 22.2 Å². The molecule has 4 rings (SSSR count). The molecule has 0 atom stereocenters. The Kier molecular flexibility index (Phi) is 5.45. The molecular weight excluding hydrogens is 344 g/mol. The van der Waals surface area contributed by atoms with Crippen LogP contribution in [-0.2, 0) is 6.42 Å². The number of aromatic amines is 1. The summed E-state index contributed by atoms with van der Waals surface area (Å²) in [6, 6.07) is 24.7. The zero-order chi connectivity index (χ0) is 19.3. The molecule has 0 saturated carbocycles. The van der Waals surface area contributed by atoms with Gasteiger partial charge in [0.25, 0.3) is 0 Å². The first-order chi connectivity index (χ1) is 13.8. The minimum atomic E-state index is 0.727. The van der Waals surface area contributed by atoms with Crippen molar-refractivity contribution in [2.75, 3.05) is 6.54 Å². The summed E-state index contributed by atoms with van der Waals surface area (Å²) >= 11 is 0. The molecule has 1 heterocycles. The van der Waals surface area contributed by atoms with Crippen molar-refractivity contribution in [2.24, 2.45) is 5.73 Å². The number of hydrogen-bond acceptors (Lipinski definition) is 2. The van der Waals surface area contributed by atoms with Crippen LogP contribution in [0.1, 0.15) is 24.0 Å². The van der Waals surface area contributed by atoms with E-state index in [2.05, 4.69) is 48.3 Å². The van der Waals surface area contributed by atoms with Gasteiger partial charge >= 0.3 is 0 Å². The van der Waals surface area contributed by atoms with Crippen molar-refractivity contribution in [2.45, 2.75) is 26.2 Å². The van der Waals surface area contributed by atoms with Gasteiger partial charge in [0.05, 0.1) is 0 Å². The average molecular weight is 370 g/mol. The summed E-state index contributed by atoms with van der Waals surface area (Å²) < 4.78 is 6.07. The summed E-state index contributed by atoms with van der Waals surface area (Å²) in [5.74, 6) is 1.70. The molecule has 142 valence electrons. The molecule has 0 aliphatic carbocycles. The van der Waals surface area contributed by atoms with E-state index in [1.54, 1.807) is 0 Å². The van der Waals surface area contributed by atoms with Crippen molar-refractivity contribution in [3.05, 3.63) is 83.9 Å². The largest absolute Gasteiger partial charge is 0.457 e. The number of aromatic nitrogens is 1. The molecule has 0 unspecified atom stereocenters. The van der Waals surface area contributed by atoms with E-state index in [9.17, 15) is 0 Å². The highest BCUT2D eigenvalue weighted by atomic mass is 16.5. The van der Waals surface area contributed by atoms with Gasteiger partial charge in [-0.25, -0.2) is 0 Å². The zero-order valence-electron chi connectivity index (χ0n) is 16.2. The van der Waals surface area contributed by atoms with Gasteiger partial charge in [-0.15, -0.1) is 0 Å². The maximum absolute atomic E-state index is 6.07. The number of nitrogens with two attached hydrogens (primary N) is 1. The van der Waals surface area contributed by atoms with E-state index in [1.807, 2.05) is 36.4 Å². The van der Waals surface area contributed by atoms with Crippen LogP contribution in [0.5, 0.6) is 11.5 Å². The topological polar surface area (TPSA) is 51.0 Å². The predicted molar refractivity (Wildman–Crippen MR) is 117 cm³/mol. The SMILES string of the molecule is Cc1ccccc1-c1[nH]c2ccc(Oc3ccccc3)cc2c1CCCCN. The summed E-state index contributed by atoms with van der Waals surface area (Å²) in [5.41, 5.74) is 12.0. The van der Waals surface area contributed by atoms with Gasteiger partial charge in [-0.05, 0) is 74.2 Å². The van der Waals surface area contributed by atoms with Crippen LogP contribution >= 0.6 is 0 Å². The molecule has 0 fully saturated rings.